The monoisotopic (exact) mass is 272 g/mol. The van der Waals surface area contributed by atoms with Gasteiger partial charge in [-0.1, -0.05) is 38.1 Å². The second-order valence-corrected chi connectivity index (χ2v) is 5.01. The average molecular weight is 272 g/mol. The molecule has 0 fully saturated rings. The molecule has 1 aromatic carbocycles. The molecule has 1 heterocycles. The molecule has 0 saturated carbocycles. The highest BCUT2D eigenvalue weighted by Gasteiger charge is 2.12. The van der Waals surface area contributed by atoms with E-state index in [0.717, 1.165) is 37.2 Å². The first-order valence-electron chi connectivity index (χ1n) is 7.52. The molecule has 0 aliphatic rings. The first kappa shape index (κ1) is 14.9. The van der Waals surface area contributed by atoms with Gasteiger partial charge in [-0.15, -0.1) is 0 Å². The molecule has 0 amide bonds. The van der Waals surface area contributed by atoms with Crippen molar-refractivity contribution in [1.82, 2.24) is 10.3 Å². The summed E-state index contributed by atoms with van der Waals surface area (Å²) in [5, 5.41) is 4.70. The second-order valence-electron chi connectivity index (χ2n) is 5.01. The Morgan fingerprint density at radius 3 is 2.75 bits per heavy atom. The Morgan fingerprint density at radius 1 is 1.10 bits per heavy atom. The summed E-state index contributed by atoms with van der Waals surface area (Å²) in [6.07, 6.45) is 2.16. The second kappa shape index (κ2) is 7.98. The van der Waals surface area contributed by atoms with E-state index in [0.29, 0.717) is 6.61 Å². The molecule has 1 aromatic heterocycles. The maximum absolute atomic E-state index is 5.71. The Kier molecular flexibility index (Phi) is 5.96. The quantitative estimate of drug-likeness (QED) is 0.744. The third kappa shape index (κ3) is 4.02. The van der Waals surface area contributed by atoms with Crippen molar-refractivity contribution < 1.29 is 4.74 Å². The van der Waals surface area contributed by atoms with Crippen molar-refractivity contribution in [2.75, 3.05) is 19.8 Å². The van der Waals surface area contributed by atoms with Crippen LogP contribution < -0.4 is 5.32 Å². The molecule has 3 heteroatoms. The van der Waals surface area contributed by atoms with Crippen molar-refractivity contribution in [3.8, 4) is 0 Å². The van der Waals surface area contributed by atoms with E-state index in [4.69, 9.17) is 9.72 Å². The molecule has 2 aromatic rings. The van der Waals surface area contributed by atoms with Crippen molar-refractivity contribution >= 4 is 10.9 Å². The summed E-state index contributed by atoms with van der Waals surface area (Å²) in [6.45, 7) is 6.76. The van der Waals surface area contributed by atoms with Crippen molar-refractivity contribution in [2.24, 2.45) is 0 Å². The van der Waals surface area contributed by atoms with Crippen LogP contribution in [0.4, 0.5) is 0 Å². The van der Waals surface area contributed by atoms with Crippen LogP contribution in [0.2, 0.25) is 0 Å². The fourth-order valence-electron chi connectivity index (χ4n) is 2.19. The molecule has 0 saturated heterocycles. The largest absolute Gasteiger partial charge is 0.379 e. The number of hydrogen-bond donors (Lipinski definition) is 1. The highest BCUT2D eigenvalue weighted by atomic mass is 16.5. The minimum Gasteiger partial charge on any atom is -0.379 e. The van der Waals surface area contributed by atoms with Crippen LogP contribution in [0.5, 0.6) is 0 Å². The van der Waals surface area contributed by atoms with Gasteiger partial charge in [0.25, 0.3) is 0 Å². The van der Waals surface area contributed by atoms with Gasteiger partial charge >= 0.3 is 0 Å². The van der Waals surface area contributed by atoms with Gasteiger partial charge in [-0.05, 0) is 31.5 Å². The summed E-state index contributed by atoms with van der Waals surface area (Å²) >= 11 is 0. The predicted molar refractivity (Wildman–Crippen MR) is 83.9 cm³/mol. The SMILES string of the molecule is CCCNC(COCCC)c1ccc2ccccc2n1. The van der Waals surface area contributed by atoms with Crippen LogP contribution in [0, 0.1) is 0 Å². The molecule has 0 bridgehead atoms. The lowest BCUT2D eigenvalue weighted by Gasteiger charge is -2.18. The number of benzene rings is 1. The molecular formula is C17H24N2O. The van der Waals surface area contributed by atoms with Crippen molar-refractivity contribution in [1.29, 1.82) is 0 Å². The van der Waals surface area contributed by atoms with Gasteiger partial charge in [-0.3, -0.25) is 4.98 Å². The van der Waals surface area contributed by atoms with Gasteiger partial charge < -0.3 is 10.1 Å². The van der Waals surface area contributed by atoms with Crippen LogP contribution in [-0.4, -0.2) is 24.7 Å². The molecule has 1 atom stereocenters. The Labute approximate surface area is 121 Å². The smallest absolute Gasteiger partial charge is 0.0732 e. The molecule has 0 radical (unpaired) electrons. The molecule has 2 rings (SSSR count). The minimum absolute atomic E-state index is 0.172. The van der Waals surface area contributed by atoms with E-state index in [1.54, 1.807) is 0 Å². The van der Waals surface area contributed by atoms with Crippen LogP contribution in [-0.2, 0) is 4.74 Å². The van der Waals surface area contributed by atoms with E-state index in [2.05, 4.69) is 43.4 Å². The average Bonchev–Trinajstić information content (AvgIpc) is 2.50. The van der Waals surface area contributed by atoms with Gasteiger partial charge in [0.05, 0.1) is 23.9 Å². The maximum Gasteiger partial charge on any atom is 0.0732 e. The van der Waals surface area contributed by atoms with Crippen LogP contribution in [0.1, 0.15) is 38.4 Å². The predicted octanol–water partition coefficient (Wildman–Crippen LogP) is 3.70. The Balaban J connectivity index is 2.15. The zero-order chi connectivity index (χ0) is 14.2. The highest BCUT2D eigenvalue weighted by Crippen LogP contribution is 2.17. The molecule has 0 spiro atoms. The standard InChI is InChI=1S/C17H24N2O/c1-3-11-18-17(13-20-12-4-2)16-10-9-14-7-5-6-8-15(14)19-16/h5-10,17-18H,3-4,11-13H2,1-2H3. The third-order valence-corrected chi connectivity index (χ3v) is 3.25. The first-order valence-corrected chi connectivity index (χ1v) is 7.52. The third-order valence-electron chi connectivity index (χ3n) is 3.25. The first-order chi connectivity index (χ1) is 9.85. The van der Waals surface area contributed by atoms with Crippen molar-refractivity contribution in [3.05, 3.63) is 42.1 Å². The van der Waals surface area contributed by atoms with Gasteiger partial charge in [0.2, 0.25) is 0 Å². The zero-order valence-electron chi connectivity index (χ0n) is 12.4. The van der Waals surface area contributed by atoms with Crippen LogP contribution in [0.25, 0.3) is 10.9 Å². The highest BCUT2D eigenvalue weighted by molar-refractivity contribution is 5.78. The van der Waals surface area contributed by atoms with Gasteiger partial charge in [0.1, 0.15) is 0 Å². The maximum atomic E-state index is 5.71. The summed E-state index contributed by atoms with van der Waals surface area (Å²) in [5.74, 6) is 0. The summed E-state index contributed by atoms with van der Waals surface area (Å²) in [4.78, 5) is 4.76. The molecule has 1 unspecified atom stereocenters. The number of para-hydroxylation sites is 1. The number of aromatic nitrogens is 1. The summed E-state index contributed by atoms with van der Waals surface area (Å²) < 4.78 is 5.71. The number of rotatable bonds is 8. The van der Waals surface area contributed by atoms with Crippen LogP contribution >= 0.6 is 0 Å². The van der Waals surface area contributed by atoms with E-state index < -0.39 is 0 Å². The van der Waals surface area contributed by atoms with Crippen molar-refractivity contribution in [3.63, 3.8) is 0 Å². The molecule has 108 valence electrons. The lowest BCUT2D eigenvalue weighted by Crippen LogP contribution is -2.27. The lowest BCUT2D eigenvalue weighted by atomic mass is 10.1. The van der Waals surface area contributed by atoms with Crippen LogP contribution in [0.3, 0.4) is 0 Å². The van der Waals surface area contributed by atoms with Gasteiger partial charge in [0.15, 0.2) is 0 Å². The Morgan fingerprint density at radius 2 is 1.95 bits per heavy atom. The number of nitrogens with zero attached hydrogens (tertiary/aromatic N) is 1. The van der Waals surface area contributed by atoms with Gasteiger partial charge in [-0.2, -0.15) is 0 Å². The summed E-state index contributed by atoms with van der Waals surface area (Å²) in [7, 11) is 0. The number of pyridine rings is 1. The molecular weight excluding hydrogens is 248 g/mol. The van der Waals surface area contributed by atoms with E-state index in [1.165, 1.54) is 5.39 Å². The summed E-state index contributed by atoms with van der Waals surface area (Å²) in [5.41, 5.74) is 2.11. The number of fused-ring (bicyclic) bond motifs is 1. The van der Waals surface area contributed by atoms with Crippen LogP contribution in [0.15, 0.2) is 36.4 Å². The fourth-order valence-corrected chi connectivity index (χ4v) is 2.19. The van der Waals surface area contributed by atoms with E-state index in [1.807, 2.05) is 12.1 Å². The minimum atomic E-state index is 0.172. The number of hydrogen-bond acceptors (Lipinski definition) is 3. The zero-order valence-corrected chi connectivity index (χ0v) is 12.4. The molecule has 0 aliphatic carbocycles. The molecule has 1 N–H and O–H groups in total. The van der Waals surface area contributed by atoms with E-state index in [9.17, 15) is 0 Å². The van der Waals surface area contributed by atoms with E-state index in [-0.39, 0.29) is 6.04 Å². The Bertz CT molecular complexity index is 527. The van der Waals surface area contributed by atoms with Gasteiger partial charge in [0, 0.05) is 12.0 Å². The molecule has 3 nitrogen and oxygen atoms in total. The van der Waals surface area contributed by atoms with E-state index >= 15 is 0 Å². The topological polar surface area (TPSA) is 34.1 Å². The normalized spacial score (nSPS) is 12.7. The summed E-state index contributed by atoms with van der Waals surface area (Å²) in [6, 6.07) is 12.6. The van der Waals surface area contributed by atoms with Gasteiger partial charge in [-0.25, -0.2) is 0 Å². The molecule has 20 heavy (non-hydrogen) atoms. The lowest BCUT2D eigenvalue weighted by molar-refractivity contribution is 0.111. The Hall–Kier alpha value is -1.45. The number of nitrogens with one attached hydrogen (secondary N) is 1. The molecule has 0 aliphatic heterocycles. The van der Waals surface area contributed by atoms with Crippen molar-refractivity contribution in [2.45, 2.75) is 32.7 Å². The fraction of sp³-hybridized carbons (Fsp3) is 0.471. The number of ether oxygens (including phenoxy) is 1.